The van der Waals surface area contributed by atoms with Crippen molar-refractivity contribution in [1.29, 1.82) is 0 Å². The van der Waals surface area contributed by atoms with Gasteiger partial charge < -0.3 is 20.4 Å². The number of benzene rings is 1. The van der Waals surface area contributed by atoms with E-state index in [1.807, 2.05) is 24.3 Å². The van der Waals surface area contributed by atoms with E-state index in [-0.39, 0.29) is 11.7 Å². The van der Waals surface area contributed by atoms with Crippen molar-refractivity contribution in [2.45, 2.75) is 13.0 Å². The minimum Gasteiger partial charge on any atom is -0.383 e. The lowest BCUT2D eigenvalue weighted by Gasteiger charge is -2.07. The van der Waals surface area contributed by atoms with E-state index in [0.29, 0.717) is 32.7 Å². The highest BCUT2D eigenvalue weighted by Crippen LogP contribution is 2.08. The molecule has 2 aromatic rings. The van der Waals surface area contributed by atoms with Crippen LogP contribution >= 0.6 is 0 Å². The number of imidazole rings is 1. The fourth-order valence-electron chi connectivity index (χ4n) is 2.10. The van der Waals surface area contributed by atoms with Gasteiger partial charge in [0.15, 0.2) is 0 Å². The molecule has 0 aliphatic carbocycles. The van der Waals surface area contributed by atoms with Gasteiger partial charge in [0.25, 0.3) is 0 Å². The Kier molecular flexibility index (Phi) is 5.39. The SMILES string of the molecule is COCCNC(=O)NCCCn1c(=O)[nH]c2ccccc21. The van der Waals surface area contributed by atoms with Crippen LogP contribution in [0.3, 0.4) is 0 Å². The summed E-state index contributed by atoms with van der Waals surface area (Å²) < 4.78 is 6.52. The van der Waals surface area contributed by atoms with Gasteiger partial charge in [0.05, 0.1) is 17.6 Å². The number of fused-ring (bicyclic) bond motifs is 1. The molecule has 1 heterocycles. The largest absolute Gasteiger partial charge is 0.383 e. The number of hydrogen-bond donors (Lipinski definition) is 3. The highest BCUT2D eigenvalue weighted by atomic mass is 16.5. The fraction of sp³-hybridized carbons (Fsp3) is 0.429. The van der Waals surface area contributed by atoms with Crippen molar-refractivity contribution in [3.8, 4) is 0 Å². The molecule has 0 bridgehead atoms. The topological polar surface area (TPSA) is 88.2 Å². The number of urea groups is 1. The summed E-state index contributed by atoms with van der Waals surface area (Å²) in [5.41, 5.74) is 1.58. The van der Waals surface area contributed by atoms with Crippen LogP contribution < -0.4 is 16.3 Å². The average molecular weight is 292 g/mol. The molecule has 0 radical (unpaired) electrons. The summed E-state index contributed by atoms with van der Waals surface area (Å²) in [5.74, 6) is 0. The van der Waals surface area contributed by atoms with Gasteiger partial charge in [-0.1, -0.05) is 12.1 Å². The molecule has 114 valence electrons. The number of aromatic nitrogens is 2. The Morgan fingerprint density at radius 2 is 2.05 bits per heavy atom. The van der Waals surface area contributed by atoms with E-state index in [4.69, 9.17) is 4.74 Å². The van der Waals surface area contributed by atoms with Gasteiger partial charge in [0, 0.05) is 26.7 Å². The van der Waals surface area contributed by atoms with Crippen LogP contribution in [0.2, 0.25) is 0 Å². The predicted molar refractivity (Wildman–Crippen MR) is 80.5 cm³/mol. The van der Waals surface area contributed by atoms with E-state index in [1.54, 1.807) is 11.7 Å². The zero-order chi connectivity index (χ0) is 15.1. The molecule has 3 N–H and O–H groups in total. The Morgan fingerprint density at radius 1 is 1.29 bits per heavy atom. The Labute approximate surface area is 122 Å². The van der Waals surface area contributed by atoms with Crippen molar-refractivity contribution in [3.05, 3.63) is 34.7 Å². The van der Waals surface area contributed by atoms with E-state index >= 15 is 0 Å². The number of hydrogen-bond acceptors (Lipinski definition) is 3. The summed E-state index contributed by atoms with van der Waals surface area (Å²) >= 11 is 0. The molecular formula is C14H20N4O3. The first-order chi connectivity index (χ1) is 10.2. The maximum Gasteiger partial charge on any atom is 0.326 e. The molecule has 0 saturated carbocycles. The monoisotopic (exact) mass is 292 g/mol. The first kappa shape index (κ1) is 15.1. The number of nitrogens with zero attached hydrogens (tertiary/aromatic N) is 1. The minimum atomic E-state index is -0.224. The number of para-hydroxylation sites is 2. The van der Waals surface area contributed by atoms with Crippen molar-refractivity contribution in [3.63, 3.8) is 0 Å². The summed E-state index contributed by atoms with van der Waals surface area (Å²) in [5, 5.41) is 5.41. The minimum absolute atomic E-state index is 0.124. The smallest absolute Gasteiger partial charge is 0.326 e. The molecule has 2 rings (SSSR count). The molecule has 0 fully saturated rings. The van der Waals surface area contributed by atoms with Gasteiger partial charge in [0.1, 0.15) is 0 Å². The average Bonchev–Trinajstić information content (AvgIpc) is 2.80. The third-order valence-electron chi connectivity index (χ3n) is 3.12. The fourth-order valence-corrected chi connectivity index (χ4v) is 2.10. The molecule has 0 atom stereocenters. The first-order valence-electron chi connectivity index (χ1n) is 6.90. The lowest BCUT2D eigenvalue weighted by Crippen LogP contribution is -2.38. The highest BCUT2D eigenvalue weighted by Gasteiger charge is 2.05. The number of aryl methyl sites for hydroxylation is 1. The lowest BCUT2D eigenvalue weighted by molar-refractivity contribution is 0.196. The van der Waals surface area contributed by atoms with Gasteiger partial charge in [-0.15, -0.1) is 0 Å². The highest BCUT2D eigenvalue weighted by molar-refractivity contribution is 5.75. The number of carbonyl (C=O) groups excluding carboxylic acids is 1. The quantitative estimate of drug-likeness (QED) is 0.655. The molecule has 21 heavy (non-hydrogen) atoms. The third-order valence-corrected chi connectivity index (χ3v) is 3.12. The van der Waals surface area contributed by atoms with Gasteiger partial charge in [-0.05, 0) is 18.6 Å². The second-order valence-corrected chi connectivity index (χ2v) is 4.63. The molecule has 7 heteroatoms. The van der Waals surface area contributed by atoms with Gasteiger partial charge in [0.2, 0.25) is 0 Å². The predicted octanol–water partition coefficient (Wildman–Crippen LogP) is 0.665. The standard InChI is InChI=1S/C14H20N4O3/c1-21-10-8-16-13(19)15-7-4-9-18-12-6-3-2-5-11(12)17-14(18)20/h2-3,5-6H,4,7-10H2,1H3,(H,17,20)(H2,15,16,19). The summed E-state index contributed by atoms with van der Waals surface area (Å²) in [6.45, 7) is 2.02. The van der Waals surface area contributed by atoms with Crippen LogP contribution in [0.1, 0.15) is 6.42 Å². The van der Waals surface area contributed by atoms with Crippen LogP contribution in [-0.4, -0.2) is 42.4 Å². The zero-order valence-electron chi connectivity index (χ0n) is 12.0. The van der Waals surface area contributed by atoms with E-state index in [1.165, 1.54) is 0 Å². The molecule has 1 aromatic carbocycles. The number of carbonyl (C=O) groups is 1. The van der Waals surface area contributed by atoms with Crippen LogP contribution in [-0.2, 0) is 11.3 Å². The molecule has 0 saturated heterocycles. The normalized spacial score (nSPS) is 10.7. The van der Waals surface area contributed by atoms with Gasteiger partial charge in [-0.25, -0.2) is 9.59 Å². The van der Waals surface area contributed by atoms with Gasteiger partial charge >= 0.3 is 11.7 Å². The molecular weight excluding hydrogens is 272 g/mol. The summed E-state index contributed by atoms with van der Waals surface area (Å²) in [7, 11) is 1.58. The van der Waals surface area contributed by atoms with Crippen LogP contribution in [0.15, 0.2) is 29.1 Å². The second-order valence-electron chi connectivity index (χ2n) is 4.63. The third kappa shape index (κ3) is 4.09. The van der Waals surface area contributed by atoms with Crippen molar-refractivity contribution in [2.24, 2.45) is 0 Å². The van der Waals surface area contributed by atoms with E-state index in [9.17, 15) is 9.59 Å². The summed E-state index contributed by atoms with van der Waals surface area (Å²) in [4.78, 5) is 26.0. The Hall–Kier alpha value is -2.28. The van der Waals surface area contributed by atoms with E-state index in [0.717, 1.165) is 11.0 Å². The number of amides is 2. The lowest BCUT2D eigenvalue weighted by atomic mass is 10.3. The molecule has 0 unspecified atom stereocenters. The summed E-state index contributed by atoms with van der Waals surface area (Å²) in [6.07, 6.45) is 0.680. The Morgan fingerprint density at radius 3 is 2.86 bits per heavy atom. The van der Waals surface area contributed by atoms with Crippen LogP contribution in [0.25, 0.3) is 11.0 Å². The van der Waals surface area contributed by atoms with Crippen LogP contribution in [0, 0.1) is 0 Å². The first-order valence-corrected chi connectivity index (χ1v) is 6.90. The zero-order valence-corrected chi connectivity index (χ0v) is 12.0. The van der Waals surface area contributed by atoms with E-state index < -0.39 is 0 Å². The molecule has 2 amide bonds. The van der Waals surface area contributed by atoms with Crippen molar-refractivity contribution in [1.82, 2.24) is 20.2 Å². The van der Waals surface area contributed by atoms with Crippen molar-refractivity contribution >= 4 is 17.1 Å². The molecule has 1 aromatic heterocycles. The maximum absolute atomic E-state index is 11.8. The van der Waals surface area contributed by atoms with E-state index in [2.05, 4.69) is 15.6 Å². The molecule has 0 aliphatic heterocycles. The number of H-pyrrole nitrogens is 1. The van der Waals surface area contributed by atoms with Crippen LogP contribution in [0.5, 0.6) is 0 Å². The van der Waals surface area contributed by atoms with Crippen LogP contribution in [0.4, 0.5) is 4.79 Å². The number of methoxy groups -OCH3 is 1. The van der Waals surface area contributed by atoms with Gasteiger partial charge in [-0.3, -0.25) is 4.57 Å². The number of aromatic amines is 1. The van der Waals surface area contributed by atoms with Gasteiger partial charge in [-0.2, -0.15) is 0 Å². The van der Waals surface area contributed by atoms with Crippen molar-refractivity contribution in [2.75, 3.05) is 26.8 Å². The number of ether oxygens (including phenoxy) is 1. The Balaban J connectivity index is 1.79. The number of rotatable bonds is 7. The maximum atomic E-state index is 11.8. The second kappa shape index (κ2) is 7.49. The molecule has 0 aliphatic rings. The number of nitrogens with one attached hydrogen (secondary N) is 3. The Bertz CT molecular complexity index is 647. The summed E-state index contributed by atoms with van der Waals surface area (Å²) in [6, 6.07) is 7.33. The van der Waals surface area contributed by atoms with Crippen molar-refractivity contribution < 1.29 is 9.53 Å². The molecule has 7 nitrogen and oxygen atoms in total. The molecule has 0 spiro atoms.